The van der Waals surface area contributed by atoms with Gasteiger partial charge in [-0.05, 0) is 24.4 Å². The smallest absolute Gasteiger partial charge is 0.254 e. The van der Waals surface area contributed by atoms with E-state index < -0.39 is 0 Å². The van der Waals surface area contributed by atoms with E-state index in [2.05, 4.69) is 33.9 Å². The van der Waals surface area contributed by atoms with Crippen LogP contribution in [0, 0.1) is 0 Å². The molecule has 0 spiro atoms. The van der Waals surface area contributed by atoms with Crippen LogP contribution in [-0.4, -0.2) is 47.0 Å². The van der Waals surface area contributed by atoms with Gasteiger partial charge in [-0.15, -0.1) is 0 Å². The van der Waals surface area contributed by atoms with Crippen LogP contribution < -0.4 is 11.5 Å². The average Bonchev–Trinajstić information content (AvgIpc) is 2.12. The highest BCUT2D eigenvalue weighted by atomic mass is 32.1. The number of thiocarbonyl (C=S) groups is 2. The monoisotopic (exact) mass is 242 g/mol. The van der Waals surface area contributed by atoms with E-state index in [1.165, 1.54) is 0 Å². The van der Waals surface area contributed by atoms with E-state index >= 15 is 0 Å². The van der Waals surface area contributed by atoms with Gasteiger partial charge < -0.3 is 31.2 Å². The summed E-state index contributed by atoms with van der Waals surface area (Å²) in [4.78, 5) is 0. The van der Waals surface area contributed by atoms with E-state index in [1.54, 1.807) is 0 Å². The summed E-state index contributed by atoms with van der Waals surface area (Å²) in [6.07, 6.45) is 0. The number of nitrogens with two attached hydrogens (primary N) is 2. The zero-order chi connectivity index (χ0) is 11.4. The largest absolute Gasteiger partial charge is 0.469 e. The highest BCUT2D eigenvalue weighted by Crippen LogP contribution is 1.70. The van der Waals surface area contributed by atoms with Gasteiger partial charge in [-0.1, -0.05) is 0 Å². The number of hydrogen-bond donors (Lipinski definition) is 4. The third-order valence-corrected chi connectivity index (χ3v) is 0.907. The molecule has 0 aromatic rings. The van der Waals surface area contributed by atoms with Crippen LogP contribution in [0.2, 0.25) is 0 Å². The molecule has 0 saturated carbocycles. The summed E-state index contributed by atoms with van der Waals surface area (Å²) in [6.45, 7) is 0.291. The molecule has 84 valence electrons. The van der Waals surface area contributed by atoms with Crippen molar-refractivity contribution in [2.24, 2.45) is 11.5 Å². The summed E-state index contributed by atoms with van der Waals surface area (Å²) in [6, 6.07) is 0. The van der Waals surface area contributed by atoms with Crippen molar-refractivity contribution in [3.05, 3.63) is 0 Å². The molecule has 8 heteroatoms. The summed E-state index contributed by atoms with van der Waals surface area (Å²) in [5.74, 6) is 0. The van der Waals surface area contributed by atoms with E-state index in [-0.39, 0.29) is 36.8 Å². The first-order valence-corrected chi connectivity index (χ1v) is 4.42. The fourth-order valence-corrected chi connectivity index (χ4v) is 0.459. The molecule has 0 aromatic heterocycles. The second-order valence-electron chi connectivity index (χ2n) is 1.78. The van der Waals surface area contributed by atoms with Crippen molar-refractivity contribution in [2.75, 3.05) is 26.4 Å². The molecule has 0 atom stereocenters. The van der Waals surface area contributed by atoms with Crippen molar-refractivity contribution in [3.8, 4) is 0 Å². The minimum absolute atomic E-state index is 0.0194. The van der Waals surface area contributed by atoms with Crippen molar-refractivity contribution < 1.29 is 19.7 Å². The minimum Gasteiger partial charge on any atom is -0.469 e. The second kappa shape index (κ2) is 12.3. The Morgan fingerprint density at radius 3 is 1.29 bits per heavy atom. The fourth-order valence-electron chi connectivity index (χ4n) is 0.292. The van der Waals surface area contributed by atoms with Gasteiger partial charge >= 0.3 is 0 Å². The molecule has 0 bridgehead atoms. The Kier molecular flexibility index (Phi) is 13.8. The summed E-state index contributed by atoms with van der Waals surface area (Å²) in [5.41, 5.74) is 9.75. The van der Waals surface area contributed by atoms with Gasteiger partial charge in [0.25, 0.3) is 10.3 Å². The Morgan fingerprint density at radius 2 is 1.21 bits per heavy atom. The highest BCUT2D eigenvalue weighted by Gasteiger charge is 1.83. The van der Waals surface area contributed by atoms with Crippen LogP contribution in [0.3, 0.4) is 0 Å². The number of aliphatic hydroxyl groups excluding tert-OH is 2. The Labute approximate surface area is 92.8 Å². The lowest BCUT2D eigenvalue weighted by molar-refractivity contribution is 0.195. The third-order valence-electron chi connectivity index (χ3n) is 0.671. The van der Waals surface area contributed by atoms with Crippen LogP contribution >= 0.6 is 24.4 Å². The normalized spacial score (nSPS) is 8.14. The lowest BCUT2D eigenvalue weighted by Gasteiger charge is -1.96. The highest BCUT2D eigenvalue weighted by molar-refractivity contribution is 7.80. The summed E-state index contributed by atoms with van der Waals surface area (Å²) in [7, 11) is 0. The van der Waals surface area contributed by atoms with Gasteiger partial charge in [-0.25, -0.2) is 0 Å². The Bertz CT molecular complexity index is 150. The first-order valence-electron chi connectivity index (χ1n) is 3.60. The molecule has 6 nitrogen and oxygen atoms in total. The van der Waals surface area contributed by atoms with Crippen LogP contribution in [0.15, 0.2) is 0 Å². The van der Waals surface area contributed by atoms with Crippen LogP contribution in [0.5, 0.6) is 0 Å². The molecule has 0 radical (unpaired) electrons. The van der Waals surface area contributed by atoms with Crippen molar-refractivity contribution in [1.29, 1.82) is 0 Å². The lowest BCUT2D eigenvalue weighted by atomic mass is 10.8. The third kappa shape index (κ3) is 22.5. The van der Waals surface area contributed by atoms with Crippen molar-refractivity contribution in [3.63, 3.8) is 0 Å². The molecule has 0 amide bonds. The SMILES string of the molecule is NC(=S)OCCO.NC(=S)OCCO. The predicted molar refractivity (Wildman–Crippen MR) is 59.6 cm³/mol. The molecule has 0 fully saturated rings. The van der Waals surface area contributed by atoms with Crippen molar-refractivity contribution in [2.45, 2.75) is 0 Å². The van der Waals surface area contributed by atoms with Gasteiger partial charge in [-0.3, -0.25) is 0 Å². The molecule has 0 aromatic carbocycles. The number of ether oxygens (including phenoxy) is 2. The topological polar surface area (TPSA) is 111 Å². The van der Waals surface area contributed by atoms with Crippen molar-refractivity contribution in [1.82, 2.24) is 0 Å². The summed E-state index contributed by atoms with van der Waals surface area (Å²) >= 11 is 8.61. The number of hydrogen-bond acceptors (Lipinski definition) is 6. The lowest BCUT2D eigenvalue weighted by Crippen LogP contribution is -2.14. The predicted octanol–water partition coefficient (Wildman–Crippen LogP) is -1.52. The minimum atomic E-state index is -0.0443. The Hall–Kier alpha value is -0.700. The van der Waals surface area contributed by atoms with E-state index in [9.17, 15) is 0 Å². The molecule has 0 aliphatic heterocycles. The molecule has 0 unspecified atom stereocenters. The average molecular weight is 242 g/mol. The maximum Gasteiger partial charge on any atom is 0.254 e. The molecule has 0 saturated heterocycles. The molecule has 0 aliphatic carbocycles. The fraction of sp³-hybridized carbons (Fsp3) is 0.667. The molecule has 14 heavy (non-hydrogen) atoms. The number of aliphatic hydroxyl groups is 2. The molecule has 0 aliphatic rings. The van der Waals surface area contributed by atoms with Crippen LogP contribution in [-0.2, 0) is 9.47 Å². The number of rotatable bonds is 4. The van der Waals surface area contributed by atoms with E-state index in [0.29, 0.717) is 0 Å². The molecule has 6 N–H and O–H groups in total. The van der Waals surface area contributed by atoms with Gasteiger partial charge in [0.2, 0.25) is 0 Å². The Morgan fingerprint density at radius 1 is 0.929 bits per heavy atom. The molecular weight excluding hydrogens is 228 g/mol. The molecule has 0 heterocycles. The van der Waals surface area contributed by atoms with E-state index in [1.807, 2.05) is 0 Å². The first kappa shape index (κ1) is 15.8. The van der Waals surface area contributed by atoms with Gasteiger partial charge in [-0.2, -0.15) is 0 Å². The second-order valence-corrected chi connectivity index (χ2v) is 2.59. The van der Waals surface area contributed by atoms with Crippen LogP contribution in [0.25, 0.3) is 0 Å². The maximum absolute atomic E-state index is 8.07. The molecule has 0 rings (SSSR count). The van der Waals surface area contributed by atoms with Crippen LogP contribution in [0.4, 0.5) is 0 Å². The van der Waals surface area contributed by atoms with Crippen molar-refractivity contribution >= 4 is 34.8 Å². The molecular formula is C6H14N2O4S2. The standard InChI is InChI=1S/2C3H7NO2S/c2*4-3(7)6-2-1-5/h2*5H,1-2H2,(H2,4,7). The zero-order valence-electron chi connectivity index (χ0n) is 7.51. The van der Waals surface area contributed by atoms with Crippen LogP contribution in [0.1, 0.15) is 0 Å². The van der Waals surface area contributed by atoms with E-state index in [0.717, 1.165) is 0 Å². The summed E-state index contributed by atoms with van der Waals surface area (Å²) < 4.78 is 8.90. The van der Waals surface area contributed by atoms with Gasteiger partial charge in [0, 0.05) is 0 Å². The van der Waals surface area contributed by atoms with Gasteiger partial charge in [0.1, 0.15) is 13.2 Å². The summed E-state index contributed by atoms with van der Waals surface area (Å²) in [5, 5.41) is 16.1. The van der Waals surface area contributed by atoms with Gasteiger partial charge in [0.05, 0.1) is 13.2 Å². The first-order chi connectivity index (χ1) is 6.54. The van der Waals surface area contributed by atoms with Gasteiger partial charge in [0.15, 0.2) is 0 Å². The van der Waals surface area contributed by atoms with E-state index in [4.69, 9.17) is 21.7 Å². The Balaban J connectivity index is 0. The quantitative estimate of drug-likeness (QED) is 0.440. The zero-order valence-corrected chi connectivity index (χ0v) is 9.14. The maximum atomic E-state index is 8.07.